The van der Waals surface area contributed by atoms with Crippen molar-refractivity contribution in [3.63, 3.8) is 0 Å². The van der Waals surface area contributed by atoms with Gasteiger partial charge in [0.05, 0.1) is 12.1 Å². The van der Waals surface area contributed by atoms with Gasteiger partial charge in [-0.15, -0.1) is 0 Å². The Balaban J connectivity index is 1.96. The molecule has 0 spiro atoms. The number of ketones is 1. The number of nitrogens with zero attached hydrogens (tertiary/aromatic N) is 1. The fraction of sp³-hybridized carbons (Fsp3) is 0.300. The van der Waals surface area contributed by atoms with Crippen LogP contribution in [0.1, 0.15) is 41.8 Å². The van der Waals surface area contributed by atoms with Gasteiger partial charge in [-0.3, -0.25) is 9.59 Å². The van der Waals surface area contributed by atoms with Crippen LogP contribution < -0.4 is 4.90 Å². The summed E-state index contributed by atoms with van der Waals surface area (Å²) in [5.41, 5.74) is 0.730. The molecule has 0 radical (unpaired) electrons. The maximum Gasteiger partial charge on any atom is 0.264 e. The van der Waals surface area contributed by atoms with Crippen LogP contribution in [-0.4, -0.2) is 23.3 Å². The van der Waals surface area contributed by atoms with Gasteiger partial charge in [0.1, 0.15) is 0 Å². The summed E-state index contributed by atoms with van der Waals surface area (Å²) in [4.78, 5) is 26.9. The maximum absolute atomic E-state index is 12.8. The molecule has 1 aliphatic rings. The molecule has 0 bridgehead atoms. The summed E-state index contributed by atoms with van der Waals surface area (Å²) in [6, 6.07) is 12.2. The number of aryl methyl sites for hydroxylation is 1. The van der Waals surface area contributed by atoms with E-state index in [2.05, 4.69) is 0 Å². The van der Waals surface area contributed by atoms with E-state index < -0.39 is 11.5 Å². The molecule has 0 saturated heterocycles. The molecule has 0 aromatic heterocycles. The van der Waals surface area contributed by atoms with E-state index in [1.165, 1.54) is 4.90 Å². The number of aliphatic hydroxyl groups is 1. The Morgan fingerprint density at radius 1 is 1.16 bits per heavy atom. The molecule has 5 heteroatoms. The molecular formula is C20H20ClNO3. The number of amides is 1. The Morgan fingerprint density at radius 2 is 1.84 bits per heavy atom. The van der Waals surface area contributed by atoms with E-state index in [1.54, 1.807) is 30.3 Å². The second kappa shape index (κ2) is 6.62. The molecule has 1 N–H and O–H groups in total. The zero-order valence-corrected chi connectivity index (χ0v) is 15.0. The third-order valence-corrected chi connectivity index (χ3v) is 4.95. The number of rotatable bonds is 5. The standard InChI is InChI=1S/C20H20ClNO3/c1-3-13-5-7-14(8-6-13)18(23)12-20(25)16-11-15(21)9-10-17(16)22(4-2)19(20)24/h5-11,25H,3-4,12H2,1-2H3. The van der Waals surface area contributed by atoms with Crippen molar-refractivity contribution >= 4 is 29.0 Å². The number of halogens is 1. The second-order valence-corrected chi connectivity index (χ2v) is 6.66. The molecule has 1 atom stereocenters. The first-order chi connectivity index (χ1) is 11.9. The zero-order chi connectivity index (χ0) is 18.2. The topological polar surface area (TPSA) is 57.6 Å². The van der Waals surface area contributed by atoms with Gasteiger partial charge in [0.15, 0.2) is 11.4 Å². The molecule has 2 aromatic rings. The van der Waals surface area contributed by atoms with Gasteiger partial charge < -0.3 is 10.0 Å². The summed E-state index contributed by atoms with van der Waals surface area (Å²) in [5, 5.41) is 11.5. The number of carbonyl (C=O) groups excluding carboxylic acids is 2. The van der Waals surface area contributed by atoms with Crippen LogP contribution in [0, 0.1) is 0 Å². The van der Waals surface area contributed by atoms with Crippen LogP contribution in [0.5, 0.6) is 0 Å². The molecule has 0 aliphatic carbocycles. The third-order valence-electron chi connectivity index (χ3n) is 4.71. The summed E-state index contributed by atoms with van der Waals surface area (Å²) >= 11 is 6.05. The number of benzene rings is 2. The minimum Gasteiger partial charge on any atom is -0.375 e. The number of carbonyl (C=O) groups is 2. The van der Waals surface area contributed by atoms with E-state index in [-0.39, 0.29) is 12.2 Å². The van der Waals surface area contributed by atoms with Gasteiger partial charge in [0, 0.05) is 22.7 Å². The Kier molecular flexibility index (Phi) is 4.67. The van der Waals surface area contributed by atoms with Crippen molar-refractivity contribution in [2.75, 3.05) is 11.4 Å². The number of likely N-dealkylation sites (N-methyl/N-ethyl adjacent to an activating group) is 1. The van der Waals surface area contributed by atoms with E-state index in [0.29, 0.717) is 28.4 Å². The zero-order valence-electron chi connectivity index (χ0n) is 14.3. The van der Waals surface area contributed by atoms with Gasteiger partial charge in [0.25, 0.3) is 5.91 Å². The number of Topliss-reactive ketones (excluding diaryl/α,β-unsaturated/α-hetero) is 1. The third kappa shape index (κ3) is 2.96. The molecule has 25 heavy (non-hydrogen) atoms. The Labute approximate surface area is 152 Å². The summed E-state index contributed by atoms with van der Waals surface area (Å²) in [7, 11) is 0. The summed E-state index contributed by atoms with van der Waals surface area (Å²) in [5.74, 6) is -0.756. The monoisotopic (exact) mass is 357 g/mol. The SMILES string of the molecule is CCc1ccc(C(=O)CC2(O)C(=O)N(CC)c3ccc(Cl)cc32)cc1. The lowest BCUT2D eigenvalue weighted by molar-refractivity contribution is -0.135. The Hall–Kier alpha value is -2.17. The normalized spacial score (nSPS) is 19.2. The van der Waals surface area contributed by atoms with Crippen LogP contribution in [0.3, 0.4) is 0 Å². The molecule has 1 unspecified atom stereocenters. The molecular weight excluding hydrogens is 338 g/mol. The van der Waals surface area contributed by atoms with E-state index >= 15 is 0 Å². The molecule has 1 amide bonds. The maximum atomic E-state index is 12.8. The molecule has 2 aromatic carbocycles. The van der Waals surface area contributed by atoms with Crippen molar-refractivity contribution in [1.82, 2.24) is 0 Å². The molecule has 3 rings (SSSR count). The van der Waals surface area contributed by atoms with Crippen molar-refractivity contribution < 1.29 is 14.7 Å². The lowest BCUT2D eigenvalue weighted by Crippen LogP contribution is -2.41. The Morgan fingerprint density at radius 3 is 2.44 bits per heavy atom. The number of anilines is 1. The minimum absolute atomic E-state index is 0.276. The quantitative estimate of drug-likeness (QED) is 0.829. The fourth-order valence-electron chi connectivity index (χ4n) is 3.27. The fourth-order valence-corrected chi connectivity index (χ4v) is 3.44. The van der Waals surface area contributed by atoms with E-state index in [0.717, 1.165) is 12.0 Å². The van der Waals surface area contributed by atoms with Gasteiger partial charge in [-0.2, -0.15) is 0 Å². The predicted molar refractivity (Wildman–Crippen MR) is 98.1 cm³/mol. The van der Waals surface area contributed by atoms with Gasteiger partial charge in [-0.1, -0.05) is 42.8 Å². The summed E-state index contributed by atoms with van der Waals surface area (Å²) in [6.45, 7) is 4.28. The Bertz CT molecular complexity index is 831. The first kappa shape index (κ1) is 17.6. The average molecular weight is 358 g/mol. The van der Waals surface area contributed by atoms with Gasteiger partial charge in [-0.05, 0) is 37.1 Å². The van der Waals surface area contributed by atoms with E-state index in [1.807, 2.05) is 26.0 Å². The van der Waals surface area contributed by atoms with Gasteiger partial charge in [0.2, 0.25) is 0 Å². The number of hydrogen-bond acceptors (Lipinski definition) is 3. The minimum atomic E-state index is -1.88. The highest BCUT2D eigenvalue weighted by Crippen LogP contribution is 2.43. The lowest BCUT2D eigenvalue weighted by atomic mass is 9.88. The summed E-state index contributed by atoms with van der Waals surface area (Å²) in [6.07, 6.45) is 0.579. The smallest absolute Gasteiger partial charge is 0.264 e. The van der Waals surface area contributed by atoms with Gasteiger partial charge >= 0.3 is 0 Å². The molecule has 130 valence electrons. The number of fused-ring (bicyclic) bond motifs is 1. The number of hydrogen-bond donors (Lipinski definition) is 1. The highest BCUT2D eigenvalue weighted by Gasteiger charge is 2.50. The van der Waals surface area contributed by atoms with Crippen molar-refractivity contribution in [2.45, 2.75) is 32.3 Å². The molecule has 1 aliphatic heterocycles. The van der Waals surface area contributed by atoms with Crippen LogP contribution >= 0.6 is 11.6 Å². The lowest BCUT2D eigenvalue weighted by Gasteiger charge is -2.22. The molecule has 1 heterocycles. The first-order valence-corrected chi connectivity index (χ1v) is 8.75. The largest absolute Gasteiger partial charge is 0.375 e. The van der Waals surface area contributed by atoms with Crippen molar-refractivity contribution in [2.24, 2.45) is 0 Å². The summed E-state index contributed by atoms with van der Waals surface area (Å²) < 4.78 is 0. The highest BCUT2D eigenvalue weighted by molar-refractivity contribution is 6.31. The van der Waals surface area contributed by atoms with Crippen LogP contribution in [-0.2, 0) is 16.8 Å². The van der Waals surface area contributed by atoms with Crippen LogP contribution in [0.15, 0.2) is 42.5 Å². The van der Waals surface area contributed by atoms with Crippen LogP contribution in [0.4, 0.5) is 5.69 Å². The van der Waals surface area contributed by atoms with Crippen LogP contribution in [0.2, 0.25) is 5.02 Å². The average Bonchev–Trinajstić information content (AvgIpc) is 2.82. The second-order valence-electron chi connectivity index (χ2n) is 6.22. The first-order valence-electron chi connectivity index (χ1n) is 8.37. The van der Waals surface area contributed by atoms with Crippen LogP contribution in [0.25, 0.3) is 0 Å². The van der Waals surface area contributed by atoms with E-state index in [9.17, 15) is 14.7 Å². The van der Waals surface area contributed by atoms with Crippen molar-refractivity contribution in [3.05, 3.63) is 64.2 Å². The highest BCUT2D eigenvalue weighted by atomic mass is 35.5. The van der Waals surface area contributed by atoms with Crippen molar-refractivity contribution in [1.29, 1.82) is 0 Å². The molecule has 0 fully saturated rings. The molecule has 4 nitrogen and oxygen atoms in total. The van der Waals surface area contributed by atoms with Gasteiger partial charge in [-0.25, -0.2) is 0 Å². The predicted octanol–water partition coefficient (Wildman–Crippen LogP) is 3.73. The van der Waals surface area contributed by atoms with E-state index in [4.69, 9.17) is 11.6 Å². The van der Waals surface area contributed by atoms with Crippen molar-refractivity contribution in [3.8, 4) is 0 Å². The molecule has 0 saturated carbocycles.